The first-order valence-electron chi connectivity index (χ1n) is 7.60. The molecule has 1 aromatic heterocycles. The highest BCUT2D eigenvalue weighted by Crippen LogP contribution is 2.40. The number of nitro groups is 1. The summed E-state index contributed by atoms with van der Waals surface area (Å²) < 4.78 is 40.2. The first kappa shape index (κ1) is 17.1. The summed E-state index contributed by atoms with van der Waals surface area (Å²) in [5.41, 5.74) is -1.75. The Morgan fingerprint density at radius 2 is 2.04 bits per heavy atom. The van der Waals surface area contributed by atoms with Crippen LogP contribution in [0.25, 0.3) is 0 Å². The third-order valence-electron chi connectivity index (χ3n) is 4.23. The summed E-state index contributed by atoms with van der Waals surface area (Å²) in [7, 11) is 0. The van der Waals surface area contributed by atoms with Crippen molar-refractivity contribution in [2.45, 2.75) is 38.4 Å². The van der Waals surface area contributed by atoms with E-state index in [4.69, 9.17) is 0 Å². The van der Waals surface area contributed by atoms with E-state index >= 15 is 0 Å². The molecule has 0 saturated heterocycles. The number of hydrogen-bond donors (Lipinski definition) is 0. The van der Waals surface area contributed by atoms with Gasteiger partial charge in [0.15, 0.2) is 0 Å². The number of hydrogen-bond acceptors (Lipinski definition) is 4. The average molecular weight is 353 g/mol. The average Bonchev–Trinajstić information content (AvgIpc) is 3.34. The van der Waals surface area contributed by atoms with E-state index in [2.05, 4.69) is 5.10 Å². The van der Waals surface area contributed by atoms with Crippen LogP contribution in [-0.4, -0.2) is 14.7 Å². The van der Waals surface area contributed by atoms with Gasteiger partial charge in [0.1, 0.15) is 5.56 Å². The molecule has 6 nitrogen and oxygen atoms in total. The van der Waals surface area contributed by atoms with Crippen molar-refractivity contribution in [3.8, 4) is 0 Å². The van der Waals surface area contributed by atoms with E-state index in [1.165, 1.54) is 25.1 Å². The number of rotatable bonds is 4. The van der Waals surface area contributed by atoms with Crippen LogP contribution in [0.15, 0.2) is 29.1 Å². The number of nitro benzene ring substituents is 1. The van der Waals surface area contributed by atoms with Gasteiger partial charge in [-0.05, 0) is 31.4 Å². The SMILES string of the molecule is Cc1c(Cn2nc(C3CC3)cc(C(F)(F)F)c2=O)cccc1[N+](=O)[O-]. The maximum absolute atomic E-state index is 13.2. The van der Waals surface area contributed by atoms with E-state index in [1.54, 1.807) is 0 Å². The molecule has 3 rings (SSSR count). The Morgan fingerprint density at radius 1 is 1.36 bits per heavy atom. The molecule has 1 saturated carbocycles. The molecule has 25 heavy (non-hydrogen) atoms. The Balaban J connectivity index is 2.09. The van der Waals surface area contributed by atoms with Gasteiger partial charge in [-0.2, -0.15) is 18.3 Å². The van der Waals surface area contributed by atoms with Crippen LogP contribution in [-0.2, 0) is 12.7 Å². The van der Waals surface area contributed by atoms with Crippen LogP contribution in [0.3, 0.4) is 0 Å². The largest absolute Gasteiger partial charge is 0.421 e. The molecule has 1 aromatic carbocycles. The van der Waals surface area contributed by atoms with Gasteiger partial charge in [-0.1, -0.05) is 12.1 Å². The Bertz CT molecular complexity index is 902. The Kier molecular flexibility index (Phi) is 4.09. The van der Waals surface area contributed by atoms with Crippen LogP contribution >= 0.6 is 0 Å². The van der Waals surface area contributed by atoms with Crippen molar-refractivity contribution in [2.24, 2.45) is 0 Å². The molecule has 1 fully saturated rings. The van der Waals surface area contributed by atoms with E-state index in [0.717, 1.165) is 23.6 Å². The van der Waals surface area contributed by atoms with Gasteiger partial charge >= 0.3 is 6.18 Å². The van der Waals surface area contributed by atoms with Crippen LogP contribution in [0, 0.1) is 17.0 Å². The zero-order valence-electron chi connectivity index (χ0n) is 13.2. The zero-order valence-corrected chi connectivity index (χ0v) is 13.2. The summed E-state index contributed by atoms with van der Waals surface area (Å²) in [5.74, 6) is -0.0702. The topological polar surface area (TPSA) is 78.0 Å². The van der Waals surface area contributed by atoms with Crippen LogP contribution in [0.4, 0.5) is 18.9 Å². The quantitative estimate of drug-likeness (QED) is 0.623. The molecule has 0 spiro atoms. The summed E-state index contributed by atoms with van der Waals surface area (Å²) in [6.07, 6.45) is -3.31. The predicted octanol–water partition coefficient (Wildman–Crippen LogP) is 3.40. The minimum atomic E-state index is -4.77. The van der Waals surface area contributed by atoms with E-state index in [1.807, 2.05) is 0 Å². The van der Waals surface area contributed by atoms with Gasteiger partial charge in [-0.3, -0.25) is 14.9 Å². The molecule has 0 bridgehead atoms. The smallest absolute Gasteiger partial charge is 0.267 e. The lowest BCUT2D eigenvalue weighted by molar-refractivity contribution is -0.385. The van der Waals surface area contributed by atoms with Gasteiger partial charge in [0.05, 0.1) is 17.2 Å². The fourth-order valence-corrected chi connectivity index (χ4v) is 2.65. The zero-order chi connectivity index (χ0) is 18.4. The highest BCUT2D eigenvalue weighted by Gasteiger charge is 2.37. The van der Waals surface area contributed by atoms with Crippen LogP contribution in [0.5, 0.6) is 0 Å². The van der Waals surface area contributed by atoms with Crippen LogP contribution in [0.1, 0.15) is 41.1 Å². The molecule has 0 N–H and O–H groups in total. The van der Waals surface area contributed by atoms with Gasteiger partial charge in [-0.25, -0.2) is 4.68 Å². The van der Waals surface area contributed by atoms with Crippen molar-refractivity contribution >= 4 is 5.69 Å². The van der Waals surface area contributed by atoms with Gasteiger partial charge in [0.25, 0.3) is 11.2 Å². The van der Waals surface area contributed by atoms with E-state index in [9.17, 15) is 28.1 Å². The molecule has 2 aromatic rings. The lowest BCUT2D eigenvalue weighted by atomic mass is 10.1. The molecule has 0 unspecified atom stereocenters. The minimum absolute atomic E-state index is 0.0702. The maximum atomic E-state index is 13.2. The monoisotopic (exact) mass is 353 g/mol. The van der Waals surface area contributed by atoms with Crippen LogP contribution in [0.2, 0.25) is 0 Å². The molecule has 0 atom stereocenters. The predicted molar refractivity (Wildman–Crippen MR) is 82.4 cm³/mol. The molecule has 132 valence electrons. The van der Waals surface area contributed by atoms with Gasteiger partial charge in [0.2, 0.25) is 0 Å². The molecular weight excluding hydrogens is 339 g/mol. The Morgan fingerprint density at radius 3 is 2.60 bits per heavy atom. The second kappa shape index (κ2) is 5.98. The van der Waals surface area contributed by atoms with Gasteiger partial charge in [-0.15, -0.1) is 0 Å². The first-order valence-corrected chi connectivity index (χ1v) is 7.60. The Labute approximate surface area is 140 Å². The Hall–Kier alpha value is -2.71. The summed E-state index contributed by atoms with van der Waals surface area (Å²) >= 11 is 0. The molecule has 1 heterocycles. The summed E-state index contributed by atoms with van der Waals surface area (Å²) in [5, 5.41) is 15.1. The van der Waals surface area contributed by atoms with Crippen molar-refractivity contribution in [1.29, 1.82) is 0 Å². The molecule has 9 heteroatoms. The molecule has 0 amide bonds. The van der Waals surface area contributed by atoms with Crippen molar-refractivity contribution < 1.29 is 18.1 Å². The molecular formula is C16H14F3N3O3. The van der Waals surface area contributed by atoms with Crippen molar-refractivity contribution in [1.82, 2.24) is 9.78 Å². The van der Waals surface area contributed by atoms with E-state index in [0.29, 0.717) is 11.1 Å². The molecule has 1 aliphatic rings. The normalized spacial score (nSPS) is 14.6. The first-order chi connectivity index (χ1) is 11.7. The summed E-state index contributed by atoms with van der Waals surface area (Å²) in [6, 6.07) is 5.09. The van der Waals surface area contributed by atoms with E-state index < -0.39 is 22.2 Å². The number of nitrogens with zero attached hydrogens (tertiary/aromatic N) is 3. The van der Waals surface area contributed by atoms with Crippen molar-refractivity contribution in [2.75, 3.05) is 0 Å². The third-order valence-corrected chi connectivity index (χ3v) is 4.23. The fourth-order valence-electron chi connectivity index (χ4n) is 2.65. The third kappa shape index (κ3) is 3.40. The summed E-state index contributed by atoms with van der Waals surface area (Å²) in [6.45, 7) is 1.24. The second-order valence-corrected chi connectivity index (χ2v) is 6.04. The molecule has 0 aliphatic heterocycles. The highest BCUT2D eigenvalue weighted by atomic mass is 19.4. The number of halogens is 3. The lowest BCUT2D eigenvalue weighted by Gasteiger charge is -2.13. The van der Waals surface area contributed by atoms with Crippen LogP contribution < -0.4 is 5.56 Å². The van der Waals surface area contributed by atoms with Gasteiger partial charge in [0, 0.05) is 17.5 Å². The molecule has 1 aliphatic carbocycles. The van der Waals surface area contributed by atoms with Crippen molar-refractivity contribution in [3.05, 3.63) is 67.1 Å². The highest BCUT2D eigenvalue weighted by molar-refractivity contribution is 5.44. The number of alkyl halides is 3. The minimum Gasteiger partial charge on any atom is -0.267 e. The lowest BCUT2D eigenvalue weighted by Crippen LogP contribution is -2.32. The fraction of sp³-hybridized carbons (Fsp3) is 0.375. The number of benzene rings is 1. The number of aromatic nitrogens is 2. The van der Waals surface area contributed by atoms with Crippen molar-refractivity contribution in [3.63, 3.8) is 0 Å². The maximum Gasteiger partial charge on any atom is 0.421 e. The standard InChI is InChI=1S/C16H14F3N3O3/c1-9-11(3-2-4-14(9)22(24)25)8-21-15(23)12(16(17,18)19)7-13(20-21)10-5-6-10/h2-4,7,10H,5-6,8H2,1H3. The van der Waals surface area contributed by atoms with Gasteiger partial charge < -0.3 is 0 Å². The van der Waals surface area contributed by atoms with E-state index in [-0.39, 0.29) is 23.8 Å². The molecule has 0 radical (unpaired) electrons. The second-order valence-electron chi connectivity index (χ2n) is 6.04. The summed E-state index contributed by atoms with van der Waals surface area (Å²) in [4.78, 5) is 22.6.